The van der Waals surface area contributed by atoms with Crippen molar-refractivity contribution in [1.29, 1.82) is 0 Å². The van der Waals surface area contributed by atoms with E-state index in [1.807, 2.05) is 51.1 Å². The normalized spacial score (nSPS) is 20.7. The van der Waals surface area contributed by atoms with Gasteiger partial charge >= 0.3 is 6.09 Å². The van der Waals surface area contributed by atoms with Crippen molar-refractivity contribution in [2.45, 2.75) is 64.4 Å². The lowest BCUT2D eigenvalue weighted by Crippen LogP contribution is -2.53. The topological polar surface area (TPSA) is 55.8 Å². The summed E-state index contributed by atoms with van der Waals surface area (Å²) in [5.41, 5.74) is 0.506. The van der Waals surface area contributed by atoms with E-state index in [2.05, 4.69) is 15.9 Å². The van der Waals surface area contributed by atoms with Crippen LogP contribution in [0.4, 0.5) is 4.79 Å². The number of carbonyl (C=O) groups is 2. The van der Waals surface area contributed by atoms with Crippen molar-refractivity contribution in [3.63, 3.8) is 0 Å². The highest BCUT2D eigenvalue weighted by atomic mass is 79.9. The van der Waals surface area contributed by atoms with Gasteiger partial charge in [-0.2, -0.15) is 0 Å². The van der Waals surface area contributed by atoms with Crippen molar-refractivity contribution >= 4 is 27.8 Å². The predicted octanol–water partition coefficient (Wildman–Crippen LogP) is 4.33. The average molecular weight is 426 g/mol. The van der Waals surface area contributed by atoms with Gasteiger partial charge in [0.05, 0.1) is 24.1 Å². The number of carbonyl (C=O) groups excluding carboxylic acids is 2. The monoisotopic (exact) mass is 425 g/mol. The molecule has 1 aromatic carbocycles. The minimum absolute atomic E-state index is 0.0544. The van der Waals surface area contributed by atoms with Crippen LogP contribution in [0, 0.1) is 0 Å². The summed E-state index contributed by atoms with van der Waals surface area (Å²) in [7, 11) is 0. The highest BCUT2D eigenvalue weighted by molar-refractivity contribution is 9.09. The summed E-state index contributed by atoms with van der Waals surface area (Å²) in [6, 6.07) is 9.62. The Bertz CT molecular complexity index is 600. The van der Waals surface area contributed by atoms with Crippen LogP contribution in [-0.4, -0.2) is 46.4 Å². The van der Waals surface area contributed by atoms with Crippen LogP contribution in [0.25, 0.3) is 0 Å². The van der Waals surface area contributed by atoms with Crippen molar-refractivity contribution in [2.75, 3.05) is 11.9 Å². The maximum atomic E-state index is 12.6. The Hall–Kier alpha value is -1.40. The fourth-order valence-corrected chi connectivity index (χ4v) is 3.30. The van der Waals surface area contributed by atoms with E-state index >= 15 is 0 Å². The van der Waals surface area contributed by atoms with E-state index in [1.165, 1.54) is 0 Å². The molecule has 6 heteroatoms. The van der Waals surface area contributed by atoms with E-state index in [0.29, 0.717) is 13.2 Å². The Morgan fingerprint density at radius 1 is 1.23 bits per heavy atom. The number of hydrogen-bond acceptors (Lipinski definition) is 4. The third-order valence-corrected chi connectivity index (χ3v) is 4.86. The van der Waals surface area contributed by atoms with Crippen LogP contribution in [0.15, 0.2) is 30.3 Å². The first-order valence-electron chi connectivity index (χ1n) is 9.03. The van der Waals surface area contributed by atoms with Gasteiger partial charge in [0.15, 0.2) is 0 Å². The van der Waals surface area contributed by atoms with Gasteiger partial charge in [-0.1, -0.05) is 46.3 Å². The highest BCUT2D eigenvalue weighted by Gasteiger charge is 2.38. The SMILES string of the molecule is CC(C)(C)OC(=O)N1CCC[C@H](OCc2ccccc2)[C@H]1CC(=O)CBr. The number of benzene rings is 1. The largest absolute Gasteiger partial charge is 0.444 e. The van der Waals surface area contributed by atoms with Gasteiger partial charge in [0, 0.05) is 13.0 Å². The molecule has 5 nitrogen and oxygen atoms in total. The number of piperidine rings is 1. The Morgan fingerprint density at radius 3 is 2.54 bits per heavy atom. The molecule has 2 atom stereocenters. The lowest BCUT2D eigenvalue weighted by molar-refractivity contribution is -0.121. The Morgan fingerprint density at radius 2 is 1.92 bits per heavy atom. The Kier molecular flexibility index (Phi) is 7.65. The van der Waals surface area contributed by atoms with Crippen LogP contribution in [0.1, 0.15) is 45.6 Å². The number of halogens is 1. The van der Waals surface area contributed by atoms with E-state index in [4.69, 9.17) is 9.47 Å². The van der Waals surface area contributed by atoms with Crippen molar-refractivity contribution in [2.24, 2.45) is 0 Å². The van der Waals surface area contributed by atoms with Crippen LogP contribution >= 0.6 is 15.9 Å². The van der Waals surface area contributed by atoms with Gasteiger partial charge in [-0.15, -0.1) is 0 Å². The quantitative estimate of drug-likeness (QED) is 0.636. The van der Waals surface area contributed by atoms with Gasteiger partial charge in [0.25, 0.3) is 0 Å². The fraction of sp³-hybridized carbons (Fsp3) is 0.600. The molecule has 1 fully saturated rings. The maximum Gasteiger partial charge on any atom is 0.410 e. The molecule has 1 aliphatic heterocycles. The third kappa shape index (κ3) is 6.40. The number of likely N-dealkylation sites (tertiary alicyclic amines) is 1. The molecule has 0 aromatic heterocycles. The lowest BCUT2D eigenvalue weighted by atomic mass is 9.95. The second-order valence-corrected chi connectivity index (χ2v) is 8.16. The number of rotatable bonds is 6. The van der Waals surface area contributed by atoms with Crippen LogP contribution in [0.5, 0.6) is 0 Å². The fourth-order valence-electron chi connectivity index (χ4n) is 3.07. The Balaban J connectivity index is 2.11. The van der Waals surface area contributed by atoms with Crippen molar-refractivity contribution in [3.05, 3.63) is 35.9 Å². The molecule has 0 bridgehead atoms. The van der Waals surface area contributed by atoms with E-state index < -0.39 is 5.60 Å². The molecule has 2 rings (SSSR count). The molecule has 1 heterocycles. The molecule has 144 valence electrons. The molecule has 0 radical (unpaired) electrons. The second kappa shape index (κ2) is 9.51. The number of Topliss-reactive ketones (excluding diaryl/α,β-unsaturated/α-hetero) is 1. The summed E-state index contributed by atoms with van der Waals surface area (Å²) in [5.74, 6) is 0.0544. The number of nitrogens with zero attached hydrogens (tertiary/aromatic N) is 1. The van der Waals surface area contributed by atoms with Crippen molar-refractivity contribution in [1.82, 2.24) is 4.90 Å². The summed E-state index contributed by atoms with van der Waals surface area (Å²) in [6.45, 7) is 6.58. The minimum atomic E-state index is -0.571. The number of hydrogen-bond donors (Lipinski definition) is 0. The smallest absolute Gasteiger partial charge is 0.410 e. The van der Waals surface area contributed by atoms with Crippen LogP contribution in [0.3, 0.4) is 0 Å². The predicted molar refractivity (Wildman–Crippen MR) is 104 cm³/mol. The van der Waals surface area contributed by atoms with Crippen LogP contribution in [-0.2, 0) is 20.9 Å². The summed E-state index contributed by atoms with van der Waals surface area (Å²) in [4.78, 5) is 26.4. The molecule has 1 aromatic rings. The number of ether oxygens (including phenoxy) is 2. The first kappa shape index (κ1) is 20.9. The van der Waals surface area contributed by atoms with Gasteiger partial charge in [-0.05, 0) is 39.2 Å². The van der Waals surface area contributed by atoms with E-state index in [1.54, 1.807) is 4.90 Å². The van der Waals surface area contributed by atoms with Crippen LogP contribution in [0.2, 0.25) is 0 Å². The molecule has 0 aliphatic carbocycles. The number of alkyl halides is 1. The van der Waals surface area contributed by atoms with Gasteiger partial charge in [-0.25, -0.2) is 4.79 Å². The lowest BCUT2D eigenvalue weighted by Gasteiger charge is -2.41. The van der Waals surface area contributed by atoms with Crippen molar-refractivity contribution in [3.8, 4) is 0 Å². The summed E-state index contributed by atoms with van der Waals surface area (Å²) < 4.78 is 11.7. The van der Waals surface area contributed by atoms with Gasteiger partial charge in [0.2, 0.25) is 0 Å². The number of ketones is 1. The molecular formula is C20H28BrNO4. The maximum absolute atomic E-state index is 12.6. The van der Waals surface area contributed by atoms with E-state index in [0.717, 1.165) is 18.4 Å². The van der Waals surface area contributed by atoms with Gasteiger partial charge in [-0.3, -0.25) is 4.79 Å². The molecular weight excluding hydrogens is 398 g/mol. The zero-order valence-corrected chi connectivity index (χ0v) is 17.3. The average Bonchev–Trinajstić information content (AvgIpc) is 2.60. The summed E-state index contributed by atoms with van der Waals surface area (Å²) in [6.07, 6.45) is 1.37. The van der Waals surface area contributed by atoms with Crippen LogP contribution < -0.4 is 0 Å². The molecule has 1 saturated heterocycles. The molecule has 1 amide bonds. The first-order chi connectivity index (χ1) is 12.3. The highest BCUT2D eigenvalue weighted by Crippen LogP contribution is 2.26. The molecule has 0 N–H and O–H groups in total. The van der Waals surface area contributed by atoms with Crippen molar-refractivity contribution < 1.29 is 19.1 Å². The standard InChI is InChI=1S/C20H28BrNO4/c1-20(2,3)26-19(24)22-11-7-10-18(17(22)12-16(23)13-21)25-14-15-8-5-4-6-9-15/h4-6,8-9,17-18H,7,10-14H2,1-3H3/t17-,18+/m1/s1. The van der Waals surface area contributed by atoms with Gasteiger partial charge in [0.1, 0.15) is 11.4 Å². The molecule has 1 aliphatic rings. The minimum Gasteiger partial charge on any atom is -0.444 e. The van der Waals surface area contributed by atoms with E-state index in [9.17, 15) is 9.59 Å². The van der Waals surface area contributed by atoms with E-state index in [-0.39, 0.29) is 35.8 Å². The number of amides is 1. The van der Waals surface area contributed by atoms with Gasteiger partial charge < -0.3 is 14.4 Å². The zero-order chi connectivity index (χ0) is 19.2. The molecule has 26 heavy (non-hydrogen) atoms. The third-order valence-electron chi connectivity index (χ3n) is 4.24. The molecule has 0 saturated carbocycles. The molecule has 0 unspecified atom stereocenters. The summed E-state index contributed by atoms with van der Waals surface area (Å²) >= 11 is 3.22. The molecule has 0 spiro atoms. The zero-order valence-electron chi connectivity index (χ0n) is 15.7. The Labute approximate surface area is 164 Å². The second-order valence-electron chi connectivity index (χ2n) is 7.59. The first-order valence-corrected chi connectivity index (χ1v) is 10.1. The summed E-state index contributed by atoms with van der Waals surface area (Å²) in [5, 5.41) is 0.275.